The van der Waals surface area contributed by atoms with Crippen molar-refractivity contribution in [2.75, 3.05) is 13.2 Å². The average molecular weight is 931 g/mol. The van der Waals surface area contributed by atoms with Crippen LogP contribution in [0.2, 0.25) is 0 Å². The van der Waals surface area contributed by atoms with Crippen LogP contribution < -0.4 is 0 Å². The molecule has 0 radical (unpaired) electrons. The van der Waals surface area contributed by atoms with Gasteiger partial charge in [-0.2, -0.15) is 0 Å². The molecule has 0 N–H and O–H groups in total. The number of hydrogen-bond acceptors (Lipinski definition) is 6. The smallest absolute Gasteiger partial charge is 0.306 e. The lowest BCUT2D eigenvalue weighted by Gasteiger charge is -2.18. The van der Waals surface area contributed by atoms with Gasteiger partial charge in [0.1, 0.15) is 13.2 Å². The maximum absolute atomic E-state index is 12.8. The Hall–Kier alpha value is -3.67. The summed E-state index contributed by atoms with van der Waals surface area (Å²) in [5.41, 5.74) is 0. The molecule has 0 spiro atoms. The second kappa shape index (κ2) is 54.9. The zero-order chi connectivity index (χ0) is 48.6. The second-order valence-electron chi connectivity index (χ2n) is 18.3. The molecule has 6 heteroatoms. The summed E-state index contributed by atoms with van der Waals surface area (Å²) in [5, 5.41) is 0. The van der Waals surface area contributed by atoms with Crippen LogP contribution in [0.4, 0.5) is 0 Å². The van der Waals surface area contributed by atoms with Crippen molar-refractivity contribution in [1.82, 2.24) is 0 Å². The molecule has 0 aliphatic carbocycles. The van der Waals surface area contributed by atoms with Crippen LogP contribution in [0.5, 0.6) is 0 Å². The third kappa shape index (κ3) is 53.2. The van der Waals surface area contributed by atoms with E-state index in [2.05, 4.69) is 118 Å². The van der Waals surface area contributed by atoms with Gasteiger partial charge in [0.05, 0.1) is 0 Å². The summed E-state index contributed by atoms with van der Waals surface area (Å²) in [6.07, 6.45) is 72.5. The summed E-state index contributed by atoms with van der Waals surface area (Å²) >= 11 is 0. The van der Waals surface area contributed by atoms with Gasteiger partial charge >= 0.3 is 17.9 Å². The highest BCUT2D eigenvalue weighted by molar-refractivity contribution is 5.71. The van der Waals surface area contributed by atoms with Crippen LogP contribution in [0.1, 0.15) is 252 Å². The molecular weight excluding hydrogens is 829 g/mol. The first kappa shape index (κ1) is 63.3. The molecule has 1 atom stereocenters. The van der Waals surface area contributed by atoms with Crippen molar-refractivity contribution in [3.8, 4) is 0 Å². The summed E-state index contributed by atoms with van der Waals surface area (Å²) in [6.45, 7) is 6.43. The zero-order valence-electron chi connectivity index (χ0n) is 43.6. The number of unbranched alkanes of at least 4 members (excludes halogenated alkanes) is 27. The van der Waals surface area contributed by atoms with Crippen molar-refractivity contribution in [3.63, 3.8) is 0 Å². The van der Waals surface area contributed by atoms with Gasteiger partial charge in [-0.1, -0.05) is 240 Å². The Labute approximate surface area is 413 Å². The van der Waals surface area contributed by atoms with Gasteiger partial charge in [0.25, 0.3) is 0 Å². The molecule has 0 heterocycles. The molecule has 0 aromatic carbocycles. The minimum atomic E-state index is -0.801. The predicted molar refractivity (Wildman–Crippen MR) is 288 cm³/mol. The van der Waals surface area contributed by atoms with Crippen molar-refractivity contribution in [2.45, 2.75) is 258 Å². The Morgan fingerprint density at radius 1 is 0.313 bits per heavy atom. The van der Waals surface area contributed by atoms with E-state index in [0.717, 1.165) is 122 Å². The zero-order valence-corrected chi connectivity index (χ0v) is 43.6. The van der Waals surface area contributed by atoms with Gasteiger partial charge < -0.3 is 14.2 Å². The topological polar surface area (TPSA) is 78.9 Å². The highest BCUT2D eigenvalue weighted by Crippen LogP contribution is 2.14. The minimum absolute atomic E-state index is 0.100. The van der Waals surface area contributed by atoms with E-state index >= 15 is 0 Å². The second-order valence-corrected chi connectivity index (χ2v) is 18.3. The minimum Gasteiger partial charge on any atom is -0.462 e. The van der Waals surface area contributed by atoms with Crippen LogP contribution in [0, 0.1) is 0 Å². The molecule has 6 nitrogen and oxygen atoms in total. The van der Waals surface area contributed by atoms with E-state index in [9.17, 15) is 14.4 Å². The first-order valence-corrected chi connectivity index (χ1v) is 27.8. The standard InChI is InChI=1S/C61H102O6/c1-4-7-10-13-16-19-22-25-27-29-31-33-36-39-42-45-48-51-54-60(63)66-57-58(56-65-59(62)53-50-47-44-41-38-35-24-21-18-15-12-9-6-3)67-61(64)55-52-49-46-43-40-37-34-32-30-28-26-23-20-17-14-11-8-5-2/h9,12,15-16,18-19,21-22,24-25,27,29,31-34,58H,4-8,10-11,13-14,17,20,23,26,28,30,35-57H2,1-3H3/b12-9+,18-15+,19-16+,24-21+,25-22+,29-27+,33-31+,34-32+. The number of carbonyl (C=O) groups is 3. The fourth-order valence-electron chi connectivity index (χ4n) is 7.51. The Morgan fingerprint density at radius 2 is 0.597 bits per heavy atom. The van der Waals surface area contributed by atoms with Gasteiger partial charge in [-0.3, -0.25) is 14.4 Å². The monoisotopic (exact) mass is 931 g/mol. The third-order valence-corrected chi connectivity index (χ3v) is 11.7. The van der Waals surface area contributed by atoms with Crippen LogP contribution in [0.25, 0.3) is 0 Å². The van der Waals surface area contributed by atoms with Gasteiger partial charge in [-0.05, 0) is 89.9 Å². The molecule has 1 unspecified atom stereocenters. The van der Waals surface area contributed by atoms with Gasteiger partial charge in [-0.15, -0.1) is 0 Å². The van der Waals surface area contributed by atoms with Gasteiger partial charge in [0, 0.05) is 19.3 Å². The van der Waals surface area contributed by atoms with Crippen molar-refractivity contribution in [1.29, 1.82) is 0 Å². The average Bonchev–Trinajstić information content (AvgIpc) is 3.33. The van der Waals surface area contributed by atoms with Crippen LogP contribution >= 0.6 is 0 Å². The SMILES string of the molecule is CC/C=C/C=C/C=C/CCCCCCCC(=O)OCC(COC(=O)CCCCCCC/C=C/C=C/C=C/C=C/CCCCC)OC(=O)CCCCCCC/C=C/CCCCCCCCCCC. The maximum atomic E-state index is 12.8. The lowest BCUT2D eigenvalue weighted by molar-refractivity contribution is -0.167. The first-order chi connectivity index (χ1) is 33.0. The molecule has 0 fully saturated rings. The summed E-state index contributed by atoms with van der Waals surface area (Å²) < 4.78 is 16.8. The van der Waals surface area contributed by atoms with Crippen molar-refractivity contribution >= 4 is 17.9 Å². The Balaban J connectivity index is 4.46. The predicted octanol–water partition coefficient (Wildman–Crippen LogP) is 18.5. The number of rotatable bonds is 49. The van der Waals surface area contributed by atoms with Crippen LogP contribution in [0.3, 0.4) is 0 Å². The molecular formula is C61H102O6. The number of carbonyl (C=O) groups excluding carboxylic acids is 3. The van der Waals surface area contributed by atoms with E-state index in [0.29, 0.717) is 19.3 Å². The molecule has 0 aliphatic heterocycles. The van der Waals surface area contributed by atoms with Crippen molar-refractivity contribution in [3.05, 3.63) is 97.2 Å². The van der Waals surface area contributed by atoms with E-state index in [4.69, 9.17) is 14.2 Å². The summed E-state index contributed by atoms with van der Waals surface area (Å²) in [7, 11) is 0. The van der Waals surface area contributed by atoms with Crippen LogP contribution in [-0.4, -0.2) is 37.2 Å². The Bertz CT molecular complexity index is 1350. The third-order valence-electron chi connectivity index (χ3n) is 11.7. The van der Waals surface area contributed by atoms with Crippen molar-refractivity contribution in [2.24, 2.45) is 0 Å². The molecule has 382 valence electrons. The van der Waals surface area contributed by atoms with E-state index in [-0.39, 0.29) is 31.1 Å². The lowest BCUT2D eigenvalue weighted by atomic mass is 10.1. The number of ether oxygens (including phenoxy) is 3. The fraction of sp³-hybridized carbons (Fsp3) is 0.689. The van der Waals surface area contributed by atoms with Gasteiger partial charge in [0.15, 0.2) is 6.10 Å². The Morgan fingerprint density at radius 3 is 0.985 bits per heavy atom. The van der Waals surface area contributed by atoms with E-state index in [1.54, 1.807) is 0 Å². The normalized spacial score (nSPS) is 12.8. The van der Waals surface area contributed by atoms with Gasteiger partial charge in [-0.25, -0.2) is 0 Å². The number of allylic oxidation sites excluding steroid dienone is 16. The van der Waals surface area contributed by atoms with Crippen molar-refractivity contribution < 1.29 is 28.6 Å². The fourth-order valence-corrected chi connectivity index (χ4v) is 7.51. The van der Waals surface area contributed by atoms with Crippen LogP contribution in [0.15, 0.2) is 97.2 Å². The summed E-state index contributed by atoms with van der Waals surface area (Å²) in [5.74, 6) is -0.949. The van der Waals surface area contributed by atoms with E-state index in [1.165, 1.54) is 89.9 Å². The quantitative estimate of drug-likeness (QED) is 0.0199. The molecule has 0 amide bonds. The van der Waals surface area contributed by atoms with Crippen LogP contribution in [-0.2, 0) is 28.6 Å². The van der Waals surface area contributed by atoms with E-state index < -0.39 is 6.10 Å². The molecule has 0 bridgehead atoms. The number of esters is 3. The first-order valence-electron chi connectivity index (χ1n) is 27.8. The van der Waals surface area contributed by atoms with E-state index in [1.807, 2.05) is 0 Å². The largest absolute Gasteiger partial charge is 0.462 e. The highest BCUT2D eigenvalue weighted by Gasteiger charge is 2.19. The Kier molecular flexibility index (Phi) is 51.9. The highest BCUT2D eigenvalue weighted by atomic mass is 16.6. The molecule has 0 aliphatic rings. The summed E-state index contributed by atoms with van der Waals surface area (Å²) in [6, 6.07) is 0. The number of hydrogen-bond donors (Lipinski definition) is 0. The summed E-state index contributed by atoms with van der Waals surface area (Å²) in [4.78, 5) is 38.1. The van der Waals surface area contributed by atoms with Gasteiger partial charge in [0.2, 0.25) is 0 Å². The molecule has 0 saturated heterocycles. The maximum Gasteiger partial charge on any atom is 0.306 e. The molecule has 67 heavy (non-hydrogen) atoms. The molecule has 0 saturated carbocycles. The molecule has 0 rings (SSSR count). The molecule has 0 aromatic heterocycles. The molecule has 0 aromatic rings. The lowest BCUT2D eigenvalue weighted by Crippen LogP contribution is -2.30.